The van der Waals surface area contributed by atoms with Gasteiger partial charge in [0.25, 0.3) is 0 Å². The molecule has 0 aliphatic carbocycles. The summed E-state index contributed by atoms with van der Waals surface area (Å²) in [7, 11) is 0. The van der Waals surface area contributed by atoms with Crippen molar-refractivity contribution >= 4 is 11.5 Å². The molecular weight excluding hydrogens is 367 g/mol. The summed E-state index contributed by atoms with van der Waals surface area (Å²) in [6, 6.07) is 10.7. The predicted molar refractivity (Wildman–Crippen MR) is 110 cm³/mol. The number of halogens is 1. The normalized spacial score (nSPS) is 15.1. The first-order valence-electron chi connectivity index (χ1n) is 9.72. The molecule has 1 aromatic carbocycles. The summed E-state index contributed by atoms with van der Waals surface area (Å²) < 4.78 is 15.7. The van der Waals surface area contributed by atoms with Gasteiger partial charge in [0.1, 0.15) is 5.82 Å². The molecule has 6 nitrogen and oxygen atoms in total. The fourth-order valence-electron chi connectivity index (χ4n) is 3.85. The number of imidazole rings is 1. The van der Waals surface area contributed by atoms with Crippen LogP contribution in [0.2, 0.25) is 0 Å². The first-order valence-corrected chi connectivity index (χ1v) is 9.72. The molecule has 0 bridgehead atoms. The Kier molecular flexibility index (Phi) is 4.65. The molecule has 1 aliphatic heterocycles. The van der Waals surface area contributed by atoms with Gasteiger partial charge in [-0.3, -0.25) is 14.3 Å². The Balaban J connectivity index is 1.36. The van der Waals surface area contributed by atoms with E-state index in [9.17, 15) is 4.39 Å². The van der Waals surface area contributed by atoms with Gasteiger partial charge in [-0.05, 0) is 29.8 Å². The molecule has 0 N–H and O–H groups in total. The van der Waals surface area contributed by atoms with Crippen LogP contribution < -0.4 is 4.90 Å². The molecule has 1 saturated heterocycles. The lowest BCUT2D eigenvalue weighted by atomic mass is 10.1. The van der Waals surface area contributed by atoms with Crippen LogP contribution in [0.1, 0.15) is 5.56 Å². The zero-order valence-corrected chi connectivity index (χ0v) is 15.9. The van der Waals surface area contributed by atoms with Crippen molar-refractivity contribution < 1.29 is 4.39 Å². The standard InChI is InChI=1S/C22H21FN6/c23-19-3-1-2-18(14-19)20-15-26-22-21(25-8-9-29(20)22)28-12-10-27(11-13-28)16-17-4-6-24-7-5-17/h1-9,14-15H,10-13,16H2. The number of aromatic nitrogens is 4. The van der Waals surface area contributed by atoms with Crippen LogP contribution in [0.4, 0.5) is 10.2 Å². The molecule has 0 unspecified atom stereocenters. The van der Waals surface area contributed by atoms with E-state index in [2.05, 4.69) is 36.9 Å². The van der Waals surface area contributed by atoms with Crippen LogP contribution >= 0.6 is 0 Å². The number of piperazine rings is 1. The summed E-state index contributed by atoms with van der Waals surface area (Å²) in [5, 5.41) is 0. The van der Waals surface area contributed by atoms with Crippen molar-refractivity contribution in [3.63, 3.8) is 0 Å². The number of benzene rings is 1. The Bertz CT molecular complexity index is 1120. The van der Waals surface area contributed by atoms with E-state index in [1.807, 2.05) is 29.1 Å². The quantitative estimate of drug-likeness (QED) is 0.537. The van der Waals surface area contributed by atoms with Gasteiger partial charge in [-0.2, -0.15) is 0 Å². The van der Waals surface area contributed by atoms with Crippen molar-refractivity contribution in [2.45, 2.75) is 6.54 Å². The second kappa shape index (κ2) is 7.60. The van der Waals surface area contributed by atoms with E-state index in [0.29, 0.717) is 0 Å². The molecule has 29 heavy (non-hydrogen) atoms. The van der Waals surface area contributed by atoms with Crippen molar-refractivity contribution in [3.05, 3.63) is 78.8 Å². The highest BCUT2D eigenvalue weighted by molar-refractivity contribution is 5.71. The van der Waals surface area contributed by atoms with Gasteiger partial charge in [0.15, 0.2) is 11.5 Å². The third-order valence-electron chi connectivity index (χ3n) is 5.36. The maximum absolute atomic E-state index is 13.7. The lowest BCUT2D eigenvalue weighted by molar-refractivity contribution is 0.249. The molecule has 4 heterocycles. The highest BCUT2D eigenvalue weighted by atomic mass is 19.1. The van der Waals surface area contributed by atoms with E-state index in [-0.39, 0.29) is 5.82 Å². The van der Waals surface area contributed by atoms with Crippen LogP contribution in [0.25, 0.3) is 16.9 Å². The molecule has 0 atom stereocenters. The molecule has 146 valence electrons. The minimum Gasteiger partial charge on any atom is -0.351 e. The second-order valence-corrected chi connectivity index (χ2v) is 7.22. The third kappa shape index (κ3) is 3.56. The average Bonchev–Trinajstić information content (AvgIpc) is 3.19. The maximum Gasteiger partial charge on any atom is 0.180 e. The van der Waals surface area contributed by atoms with Crippen molar-refractivity contribution in [1.29, 1.82) is 0 Å². The molecule has 0 radical (unpaired) electrons. The van der Waals surface area contributed by atoms with Gasteiger partial charge < -0.3 is 4.90 Å². The number of nitrogens with zero attached hydrogens (tertiary/aromatic N) is 6. The van der Waals surface area contributed by atoms with E-state index < -0.39 is 0 Å². The van der Waals surface area contributed by atoms with Gasteiger partial charge in [0.05, 0.1) is 11.9 Å². The van der Waals surface area contributed by atoms with Crippen molar-refractivity contribution in [2.75, 3.05) is 31.1 Å². The van der Waals surface area contributed by atoms with Crippen LogP contribution in [-0.4, -0.2) is 50.4 Å². The van der Waals surface area contributed by atoms with E-state index in [0.717, 1.165) is 55.4 Å². The average molecular weight is 388 g/mol. The van der Waals surface area contributed by atoms with Crippen LogP contribution in [0.3, 0.4) is 0 Å². The van der Waals surface area contributed by atoms with E-state index in [1.54, 1.807) is 18.5 Å². The minimum absolute atomic E-state index is 0.253. The molecule has 0 amide bonds. The fourth-order valence-corrected chi connectivity index (χ4v) is 3.85. The zero-order valence-electron chi connectivity index (χ0n) is 15.9. The van der Waals surface area contributed by atoms with Crippen LogP contribution in [-0.2, 0) is 6.54 Å². The molecule has 0 saturated carbocycles. The number of rotatable bonds is 4. The number of pyridine rings is 1. The molecule has 1 aliphatic rings. The summed E-state index contributed by atoms with van der Waals surface area (Å²) >= 11 is 0. The molecule has 0 spiro atoms. The van der Waals surface area contributed by atoms with Gasteiger partial charge in [-0.15, -0.1) is 0 Å². The predicted octanol–water partition coefficient (Wildman–Crippen LogP) is 3.25. The van der Waals surface area contributed by atoms with Crippen LogP contribution in [0.5, 0.6) is 0 Å². The summed E-state index contributed by atoms with van der Waals surface area (Å²) in [6.07, 6.45) is 9.13. The Hall–Kier alpha value is -3.32. The molecule has 4 aromatic rings. The first-order chi connectivity index (χ1) is 14.3. The van der Waals surface area contributed by atoms with Gasteiger partial charge >= 0.3 is 0 Å². The van der Waals surface area contributed by atoms with E-state index >= 15 is 0 Å². The van der Waals surface area contributed by atoms with Gasteiger partial charge in [-0.25, -0.2) is 14.4 Å². The lowest BCUT2D eigenvalue weighted by Gasteiger charge is -2.35. The summed E-state index contributed by atoms with van der Waals surface area (Å²) in [4.78, 5) is 18.0. The lowest BCUT2D eigenvalue weighted by Crippen LogP contribution is -2.46. The molecule has 3 aromatic heterocycles. The van der Waals surface area contributed by atoms with Crippen LogP contribution in [0, 0.1) is 5.82 Å². The van der Waals surface area contributed by atoms with Crippen molar-refractivity contribution in [2.24, 2.45) is 0 Å². The van der Waals surface area contributed by atoms with Crippen molar-refractivity contribution in [1.82, 2.24) is 24.3 Å². The summed E-state index contributed by atoms with van der Waals surface area (Å²) in [6.45, 7) is 4.63. The topological polar surface area (TPSA) is 49.6 Å². The summed E-state index contributed by atoms with van der Waals surface area (Å²) in [5.74, 6) is 0.621. The first kappa shape index (κ1) is 17.8. The molecule has 5 rings (SSSR count). The Morgan fingerprint density at radius 1 is 0.931 bits per heavy atom. The second-order valence-electron chi connectivity index (χ2n) is 7.22. The minimum atomic E-state index is -0.253. The monoisotopic (exact) mass is 388 g/mol. The molecule has 7 heteroatoms. The van der Waals surface area contributed by atoms with Gasteiger partial charge in [-0.1, -0.05) is 12.1 Å². The van der Waals surface area contributed by atoms with Crippen molar-refractivity contribution in [3.8, 4) is 11.3 Å². The number of fused-ring (bicyclic) bond motifs is 1. The molecular formula is C22H21FN6. The molecule has 1 fully saturated rings. The highest BCUT2D eigenvalue weighted by Crippen LogP contribution is 2.26. The summed E-state index contributed by atoms with van der Waals surface area (Å²) in [5.41, 5.74) is 3.74. The number of anilines is 1. The van der Waals surface area contributed by atoms with E-state index in [1.165, 1.54) is 17.7 Å². The van der Waals surface area contributed by atoms with Gasteiger partial charge in [0, 0.05) is 63.1 Å². The smallest absolute Gasteiger partial charge is 0.180 e. The highest BCUT2D eigenvalue weighted by Gasteiger charge is 2.21. The largest absolute Gasteiger partial charge is 0.351 e. The van der Waals surface area contributed by atoms with Crippen LogP contribution in [0.15, 0.2) is 67.4 Å². The number of hydrogen-bond acceptors (Lipinski definition) is 5. The number of hydrogen-bond donors (Lipinski definition) is 0. The van der Waals surface area contributed by atoms with E-state index in [4.69, 9.17) is 0 Å². The Morgan fingerprint density at radius 2 is 1.76 bits per heavy atom. The Labute approximate surface area is 168 Å². The van der Waals surface area contributed by atoms with Gasteiger partial charge in [0.2, 0.25) is 0 Å². The zero-order chi connectivity index (χ0) is 19.6. The fraction of sp³-hybridized carbons (Fsp3) is 0.227. The third-order valence-corrected chi connectivity index (χ3v) is 5.36. The SMILES string of the molecule is Fc1cccc(-c2cnc3c(N4CCN(Cc5ccncc5)CC4)nccn23)c1. The maximum atomic E-state index is 13.7. The Morgan fingerprint density at radius 3 is 2.55 bits per heavy atom.